The molecule has 0 saturated carbocycles. The predicted octanol–water partition coefficient (Wildman–Crippen LogP) is -0.182. The molecule has 0 radical (unpaired) electrons. The van der Waals surface area contributed by atoms with Gasteiger partial charge in [0.25, 0.3) is 0 Å². The SMILES string of the molecule is CCCNC(=O)CN(C)C(=O)CN1CC(O)(CCC)C1. The molecule has 0 aromatic rings. The van der Waals surface area contributed by atoms with Crippen LogP contribution in [0.1, 0.15) is 33.1 Å². The van der Waals surface area contributed by atoms with Gasteiger partial charge in [-0.3, -0.25) is 14.5 Å². The number of amides is 2. The summed E-state index contributed by atoms with van der Waals surface area (Å²) in [6, 6.07) is 0. The van der Waals surface area contributed by atoms with E-state index in [4.69, 9.17) is 0 Å². The van der Waals surface area contributed by atoms with Gasteiger partial charge in [0.05, 0.1) is 18.7 Å². The van der Waals surface area contributed by atoms with Gasteiger partial charge in [0.15, 0.2) is 0 Å². The van der Waals surface area contributed by atoms with Gasteiger partial charge < -0.3 is 15.3 Å². The highest BCUT2D eigenvalue weighted by Gasteiger charge is 2.40. The van der Waals surface area contributed by atoms with Crippen LogP contribution in [0.5, 0.6) is 0 Å². The van der Waals surface area contributed by atoms with E-state index in [1.807, 2.05) is 18.7 Å². The molecule has 0 aliphatic carbocycles. The van der Waals surface area contributed by atoms with Gasteiger partial charge in [-0.05, 0) is 12.8 Å². The highest BCUT2D eigenvalue weighted by atomic mass is 16.3. The van der Waals surface area contributed by atoms with E-state index in [1.54, 1.807) is 7.05 Å². The number of hydrogen-bond donors (Lipinski definition) is 2. The standard InChI is InChI=1S/C14H27N3O3/c1-4-6-14(20)10-17(11-14)9-13(19)16(3)8-12(18)15-7-5-2/h20H,4-11H2,1-3H3,(H,15,18). The number of carbonyl (C=O) groups is 2. The maximum absolute atomic E-state index is 11.9. The van der Waals surface area contributed by atoms with Crippen LogP contribution >= 0.6 is 0 Å². The van der Waals surface area contributed by atoms with Crippen LogP contribution < -0.4 is 5.32 Å². The highest BCUT2D eigenvalue weighted by molar-refractivity contribution is 5.85. The zero-order valence-electron chi connectivity index (χ0n) is 12.8. The van der Waals surface area contributed by atoms with Crippen molar-refractivity contribution in [2.75, 3.05) is 39.8 Å². The third kappa shape index (κ3) is 5.09. The van der Waals surface area contributed by atoms with Crippen LogP contribution in [0, 0.1) is 0 Å². The van der Waals surface area contributed by atoms with Gasteiger partial charge in [0.1, 0.15) is 0 Å². The second kappa shape index (κ2) is 7.59. The van der Waals surface area contributed by atoms with Gasteiger partial charge in [-0.1, -0.05) is 20.3 Å². The highest BCUT2D eigenvalue weighted by Crippen LogP contribution is 2.25. The van der Waals surface area contributed by atoms with Crippen molar-refractivity contribution >= 4 is 11.8 Å². The van der Waals surface area contributed by atoms with Crippen LogP contribution in [-0.2, 0) is 9.59 Å². The molecule has 0 unspecified atom stereocenters. The fourth-order valence-electron chi connectivity index (χ4n) is 2.46. The summed E-state index contributed by atoms with van der Waals surface area (Å²) in [6.07, 6.45) is 2.59. The molecular weight excluding hydrogens is 258 g/mol. The van der Waals surface area contributed by atoms with E-state index in [-0.39, 0.29) is 24.9 Å². The first kappa shape index (κ1) is 16.9. The van der Waals surface area contributed by atoms with Crippen molar-refractivity contribution in [2.45, 2.75) is 38.7 Å². The third-order valence-electron chi connectivity index (χ3n) is 3.49. The summed E-state index contributed by atoms with van der Waals surface area (Å²) in [6.45, 7) is 6.10. The molecule has 1 rings (SSSR count). The zero-order valence-corrected chi connectivity index (χ0v) is 12.8. The van der Waals surface area contributed by atoms with Gasteiger partial charge in [0.2, 0.25) is 11.8 Å². The van der Waals surface area contributed by atoms with Crippen LogP contribution in [0.3, 0.4) is 0 Å². The molecule has 1 heterocycles. The van der Waals surface area contributed by atoms with E-state index < -0.39 is 5.60 Å². The second-order valence-electron chi connectivity index (χ2n) is 5.72. The normalized spacial score (nSPS) is 17.4. The van der Waals surface area contributed by atoms with E-state index in [2.05, 4.69) is 5.32 Å². The first-order valence-corrected chi connectivity index (χ1v) is 7.35. The van der Waals surface area contributed by atoms with Crippen LogP contribution in [-0.4, -0.2) is 72.1 Å². The quantitative estimate of drug-likeness (QED) is 0.649. The molecule has 1 fully saturated rings. The molecule has 6 heteroatoms. The van der Waals surface area contributed by atoms with Crippen molar-refractivity contribution in [3.63, 3.8) is 0 Å². The molecule has 0 atom stereocenters. The number of carbonyl (C=O) groups excluding carboxylic acids is 2. The number of hydrogen-bond acceptors (Lipinski definition) is 4. The van der Waals surface area contributed by atoms with Crippen molar-refractivity contribution in [1.82, 2.24) is 15.1 Å². The molecule has 1 aliphatic rings. The fourth-order valence-corrected chi connectivity index (χ4v) is 2.46. The Hall–Kier alpha value is -1.14. The summed E-state index contributed by atoms with van der Waals surface area (Å²) in [5.74, 6) is -0.219. The molecule has 0 aromatic heterocycles. The molecule has 116 valence electrons. The summed E-state index contributed by atoms with van der Waals surface area (Å²) in [4.78, 5) is 26.8. The number of rotatable bonds is 8. The largest absolute Gasteiger partial charge is 0.387 e. The Morgan fingerprint density at radius 1 is 1.30 bits per heavy atom. The minimum atomic E-state index is -0.619. The van der Waals surface area contributed by atoms with Gasteiger partial charge in [-0.2, -0.15) is 0 Å². The van der Waals surface area contributed by atoms with E-state index in [0.717, 1.165) is 19.3 Å². The second-order valence-corrected chi connectivity index (χ2v) is 5.72. The molecule has 6 nitrogen and oxygen atoms in total. The number of nitrogens with one attached hydrogen (secondary N) is 1. The number of aliphatic hydroxyl groups is 1. The maximum atomic E-state index is 11.9. The topological polar surface area (TPSA) is 72.9 Å². The van der Waals surface area contributed by atoms with Crippen LogP contribution in [0.4, 0.5) is 0 Å². The van der Waals surface area contributed by atoms with E-state index in [9.17, 15) is 14.7 Å². The first-order chi connectivity index (χ1) is 9.40. The average molecular weight is 285 g/mol. The molecule has 1 saturated heterocycles. The Morgan fingerprint density at radius 3 is 2.50 bits per heavy atom. The van der Waals surface area contributed by atoms with Crippen molar-refractivity contribution < 1.29 is 14.7 Å². The summed E-state index contributed by atoms with van der Waals surface area (Å²) in [7, 11) is 1.63. The molecule has 0 bridgehead atoms. The van der Waals surface area contributed by atoms with Crippen molar-refractivity contribution in [1.29, 1.82) is 0 Å². The molecule has 2 N–H and O–H groups in total. The summed E-state index contributed by atoms with van der Waals surface area (Å²) < 4.78 is 0. The van der Waals surface area contributed by atoms with E-state index in [0.29, 0.717) is 19.6 Å². The van der Waals surface area contributed by atoms with Gasteiger partial charge in [-0.25, -0.2) is 0 Å². The molecule has 0 spiro atoms. The van der Waals surface area contributed by atoms with Crippen LogP contribution in [0.15, 0.2) is 0 Å². The lowest BCUT2D eigenvalue weighted by Crippen LogP contribution is -2.63. The monoisotopic (exact) mass is 285 g/mol. The van der Waals surface area contributed by atoms with Gasteiger partial charge in [0, 0.05) is 26.7 Å². The lowest BCUT2D eigenvalue weighted by atomic mass is 9.89. The molecule has 20 heavy (non-hydrogen) atoms. The van der Waals surface area contributed by atoms with E-state index in [1.165, 1.54) is 4.90 Å². The first-order valence-electron chi connectivity index (χ1n) is 7.35. The van der Waals surface area contributed by atoms with Crippen LogP contribution in [0.2, 0.25) is 0 Å². The molecular formula is C14H27N3O3. The lowest BCUT2D eigenvalue weighted by Gasteiger charge is -2.46. The minimum absolute atomic E-state index is 0.0878. The Kier molecular flexibility index (Phi) is 6.42. The Balaban J connectivity index is 2.25. The number of nitrogens with zero attached hydrogens (tertiary/aromatic N) is 2. The van der Waals surface area contributed by atoms with Crippen molar-refractivity contribution in [3.8, 4) is 0 Å². The molecule has 2 amide bonds. The van der Waals surface area contributed by atoms with Crippen molar-refractivity contribution in [2.24, 2.45) is 0 Å². The van der Waals surface area contributed by atoms with Crippen molar-refractivity contribution in [3.05, 3.63) is 0 Å². The minimum Gasteiger partial charge on any atom is -0.387 e. The predicted molar refractivity (Wildman–Crippen MR) is 77.2 cm³/mol. The molecule has 1 aliphatic heterocycles. The average Bonchev–Trinajstić information content (AvgIpc) is 2.34. The lowest BCUT2D eigenvalue weighted by molar-refractivity contribution is -0.143. The number of likely N-dealkylation sites (N-methyl/N-ethyl adjacent to an activating group) is 1. The van der Waals surface area contributed by atoms with Gasteiger partial charge in [-0.15, -0.1) is 0 Å². The van der Waals surface area contributed by atoms with E-state index >= 15 is 0 Å². The van der Waals surface area contributed by atoms with Crippen LogP contribution in [0.25, 0.3) is 0 Å². The summed E-state index contributed by atoms with van der Waals surface area (Å²) in [5, 5.41) is 12.8. The Morgan fingerprint density at radius 2 is 1.95 bits per heavy atom. The smallest absolute Gasteiger partial charge is 0.239 e. The Bertz CT molecular complexity index is 341. The fraction of sp³-hybridized carbons (Fsp3) is 0.857. The molecule has 0 aromatic carbocycles. The van der Waals surface area contributed by atoms with Gasteiger partial charge >= 0.3 is 0 Å². The summed E-state index contributed by atoms with van der Waals surface area (Å²) in [5.41, 5.74) is -0.619. The maximum Gasteiger partial charge on any atom is 0.239 e. The Labute approximate surface area is 121 Å². The zero-order chi connectivity index (χ0) is 15.2. The number of likely N-dealkylation sites (tertiary alicyclic amines) is 1. The summed E-state index contributed by atoms with van der Waals surface area (Å²) >= 11 is 0. The number of β-amino-alcohol motifs (C(OH)–C–C–N with tert-alkyl or cyclic N) is 1. The third-order valence-corrected chi connectivity index (χ3v) is 3.49.